The van der Waals surface area contributed by atoms with Crippen LogP contribution in [0.25, 0.3) is 12.2 Å². The van der Waals surface area contributed by atoms with E-state index in [9.17, 15) is 0 Å². The second kappa shape index (κ2) is 5.66. The van der Waals surface area contributed by atoms with Gasteiger partial charge in [-0.2, -0.15) is 0 Å². The standard InChI is InChI=1S/C23H25N/c1-23(2)21-6-4-3-5-19(21)20-14-11-17(15-22(20)23)8-7-16-9-12-18(24)13-10-16/h4,6-15,19,21H,3,5,24H2,1-2H3/b8-7+. The summed E-state index contributed by atoms with van der Waals surface area (Å²) in [6, 6.07) is 15.0. The predicted octanol–water partition coefficient (Wildman–Crippen LogP) is 5.78. The molecule has 0 heterocycles. The van der Waals surface area contributed by atoms with Gasteiger partial charge in [0, 0.05) is 5.69 Å². The van der Waals surface area contributed by atoms with Crippen molar-refractivity contribution in [1.82, 2.24) is 0 Å². The van der Waals surface area contributed by atoms with E-state index < -0.39 is 0 Å². The summed E-state index contributed by atoms with van der Waals surface area (Å²) < 4.78 is 0. The van der Waals surface area contributed by atoms with Gasteiger partial charge >= 0.3 is 0 Å². The fourth-order valence-corrected chi connectivity index (χ4v) is 4.46. The molecular weight excluding hydrogens is 290 g/mol. The van der Waals surface area contributed by atoms with E-state index in [1.807, 2.05) is 12.1 Å². The molecule has 1 nitrogen and oxygen atoms in total. The third-order valence-electron chi connectivity index (χ3n) is 5.83. The molecule has 2 atom stereocenters. The quantitative estimate of drug-likeness (QED) is 0.424. The van der Waals surface area contributed by atoms with E-state index >= 15 is 0 Å². The number of hydrogen-bond acceptors (Lipinski definition) is 1. The van der Waals surface area contributed by atoms with Gasteiger partial charge in [0.05, 0.1) is 0 Å². The number of anilines is 1. The zero-order valence-electron chi connectivity index (χ0n) is 14.5. The minimum Gasteiger partial charge on any atom is -0.399 e. The molecule has 0 amide bonds. The van der Waals surface area contributed by atoms with Crippen LogP contribution < -0.4 is 5.73 Å². The van der Waals surface area contributed by atoms with Crippen molar-refractivity contribution in [3.63, 3.8) is 0 Å². The molecule has 0 saturated heterocycles. The summed E-state index contributed by atoms with van der Waals surface area (Å²) in [5, 5.41) is 0. The predicted molar refractivity (Wildman–Crippen MR) is 104 cm³/mol. The number of benzene rings is 2. The molecule has 122 valence electrons. The molecule has 0 fully saturated rings. The van der Waals surface area contributed by atoms with E-state index in [4.69, 9.17) is 5.73 Å². The van der Waals surface area contributed by atoms with Gasteiger partial charge in [0.25, 0.3) is 0 Å². The Morgan fingerprint density at radius 3 is 2.50 bits per heavy atom. The van der Waals surface area contributed by atoms with Crippen molar-refractivity contribution in [2.75, 3.05) is 5.73 Å². The van der Waals surface area contributed by atoms with Crippen LogP contribution in [0.15, 0.2) is 54.6 Å². The fourth-order valence-electron chi connectivity index (χ4n) is 4.46. The number of nitrogen functional groups attached to an aromatic ring is 1. The molecule has 0 saturated carbocycles. The number of rotatable bonds is 2. The highest BCUT2D eigenvalue weighted by Gasteiger charge is 2.45. The van der Waals surface area contributed by atoms with Crippen LogP contribution in [0, 0.1) is 5.92 Å². The highest BCUT2D eigenvalue weighted by atomic mass is 14.5. The fraction of sp³-hybridized carbons (Fsp3) is 0.304. The average Bonchev–Trinajstić information content (AvgIpc) is 2.83. The third kappa shape index (κ3) is 2.49. The molecule has 2 aliphatic rings. The Labute approximate surface area is 144 Å². The first-order chi connectivity index (χ1) is 11.6. The van der Waals surface area contributed by atoms with Gasteiger partial charge in [-0.15, -0.1) is 0 Å². The Morgan fingerprint density at radius 2 is 1.71 bits per heavy atom. The Hall–Kier alpha value is -2.28. The maximum Gasteiger partial charge on any atom is 0.0314 e. The molecule has 2 aromatic rings. The van der Waals surface area contributed by atoms with Crippen LogP contribution in [-0.4, -0.2) is 0 Å². The highest BCUT2D eigenvalue weighted by Crippen LogP contribution is 2.54. The number of hydrogen-bond donors (Lipinski definition) is 1. The van der Waals surface area contributed by atoms with Gasteiger partial charge in [0.15, 0.2) is 0 Å². The maximum atomic E-state index is 5.75. The first-order valence-electron chi connectivity index (χ1n) is 8.90. The molecule has 2 aliphatic carbocycles. The zero-order valence-corrected chi connectivity index (χ0v) is 14.5. The lowest BCUT2D eigenvalue weighted by Crippen LogP contribution is -2.25. The van der Waals surface area contributed by atoms with Gasteiger partial charge in [-0.05, 0) is 64.5 Å². The second-order valence-corrected chi connectivity index (χ2v) is 7.71. The van der Waals surface area contributed by atoms with Crippen LogP contribution in [0.2, 0.25) is 0 Å². The summed E-state index contributed by atoms with van der Waals surface area (Å²) in [7, 11) is 0. The monoisotopic (exact) mass is 315 g/mol. The molecule has 2 N–H and O–H groups in total. The van der Waals surface area contributed by atoms with E-state index in [1.54, 1.807) is 5.56 Å². The Kier molecular flexibility index (Phi) is 3.60. The van der Waals surface area contributed by atoms with Crippen LogP contribution in [0.1, 0.15) is 54.9 Å². The molecule has 0 radical (unpaired) electrons. The van der Waals surface area contributed by atoms with E-state index in [-0.39, 0.29) is 5.41 Å². The molecule has 2 aromatic carbocycles. The van der Waals surface area contributed by atoms with Gasteiger partial charge in [-0.1, -0.05) is 68.5 Å². The second-order valence-electron chi connectivity index (χ2n) is 7.71. The Morgan fingerprint density at radius 1 is 1.00 bits per heavy atom. The molecule has 4 rings (SSSR count). The van der Waals surface area contributed by atoms with Gasteiger partial charge < -0.3 is 5.73 Å². The first-order valence-corrected chi connectivity index (χ1v) is 8.90. The van der Waals surface area contributed by atoms with Crippen molar-refractivity contribution in [3.8, 4) is 0 Å². The minimum absolute atomic E-state index is 0.224. The van der Waals surface area contributed by atoms with Crippen molar-refractivity contribution in [1.29, 1.82) is 0 Å². The number of allylic oxidation sites excluding steroid dienone is 2. The summed E-state index contributed by atoms with van der Waals surface area (Å²) in [6.45, 7) is 4.80. The topological polar surface area (TPSA) is 26.0 Å². The summed E-state index contributed by atoms with van der Waals surface area (Å²) in [4.78, 5) is 0. The molecule has 0 bridgehead atoms. The van der Waals surface area contributed by atoms with Crippen LogP contribution in [0.3, 0.4) is 0 Å². The lowest BCUT2D eigenvalue weighted by Gasteiger charge is -2.31. The molecular formula is C23H25N. The van der Waals surface area contributed by atoms with Gasteiger partial charge in [-0.25, -0.2) is 0 Å². The van der Waals surface area contributed by atoms with E-state index in [2.05, 4.69) is 68.5 Å². The first kappa shape index (κ1) is 15.3. The summed E-state index contributed by atoms with van der Waals surface area (Å²) in [6.07, 6.45) is 11.7. The lowest BCUT2D eigenvalue weighted by atomic mass is 9.73. The van der Waals surface area contributed by atoms with Crippen molar-refractivity contribution >= 4 is 17.8 Å². The Balaban J connectivity index is 1.67. The van der Waals surface area contributed by atoms with Gasteiger partial charge in [0.2, 0.25) is 0 Å². The molecule has 0 aromatic heterocycles. The lowest BCUT2D eigenvalue weighted by molar-refractivity contribution is 0.347. The van der Waals surface area contributed by atoms with Crippen molar-refractivity contribution in [2.24, 2.45) is 5.92 Å². The van der Waals surface area contributed by atoms with Crippen LogP contribution in [0.5, 0.6) is 0 Å². The third-order valence-corrected chi connectivity index (χ3v) is 5.83. The maximum absolute atomic E-state index is 5.75. The van der Waals surface area contributed by atoms with Crippen LogP contribution >= 0.6 is 0 Å². The number of fused-ring (bicyclic) bond motifs is 3. The van der Waals surface area contributed by atoms with E-state index in [1.165, 1.54) is 29.5 Å². The summed E-state index contributed by atoms with van der Waals surface area (Å²) in [5.41, 5.74) is 12.3. The molecule has 1 heteroatoms. The minimum atomic E-state index is 0.224. The van der Waals surface area contributed by atoms with E-state index in [0.29, 0.717) is 11.8 Å². The van der Waals surface area contributed by atoms with Crippen LogP contribution in [-0.2, 0) is 5.41 Å². The highest BCUT2D eigenvalue weighted by molar-refractivity contribution is 5.71. The summed E-state index contributed by atoms with van der Waals surface area (Å²) >= 11 is 0. The zero-order chi connectivity index (χ0) is 16.7. The van der Waals surface area contributed by atoms with Crippen LogP contribution in [0.4, 0.5) is 5.69 Å². The van der Waals surface area contributed by atoms with Gasteiger partial charge in [0.1, 0.15) is 0 Å². The molecule has 0 spiro atoms. The largest absolute Gasteiger partial charge is 0.399 e. The average molecular weight is 315 g/mol. The van der Waals surface area contributed by atoms with Crippen molar-refractivity contribution in [2.45, 2.75) is 38.0 Å². The normalized spacial score (nSPS) is 24.1. The molecule has 2 unspecified atom stereocenters. The molecule has 0 aliphatic heterocycles. The number of nitrogens with two attached hydrogens (primary N) is 1. The van der Waals surface area contributed by atoms with Gasteiger partial charge in [-0.3, -0.25) is 0 Å². The molecule has 24 heavy (non-hydrogen) atoms. The van der Waals surface area contributed by atoms with Crippen molar-refractivity contribution in [3.05, 3.63) is 76.9 Å². The smallest absolute Gasteiger partial charge is 0.0314 e. The van der Waals surface area contributed by atoms with Crippen molar-refractivity contribution < 1.29 is 0 Å². The summed E-state index contributed by atoms with van der Waals surface area (Å²) in [5.74, 6) is 1.35. The SMILES string of the molecule is CC1(C)c2cc(/C=C/c3ccc(N)cc3)ccc2C2CCC=CC21. The Bertz CT molecular complexity index is 808. The van der Waals surface area contributed by atoms with E-state index in [0.717, 1.165) is 5.69 Å².